The van der Waals surface area contributed by atoms with Gasteiger partial charge in [0.05, 0.1) is 4.90 Å². The number of hydrogen-bond donors (Lipinski definition) is 2. The fourth-order valence-electron chi connectivity index (χ4n) is 1.86. The number of rotatable bonds is 3. The molecule has 7 heteroatoms. The van der Waals surface area contributed by atoms with Crippen LogP contribution in [0.25, 0.3) is 0 Å². The number of benzene rings is 2. The largest absolute Gasteiger partial charge is 0.350 e. The highest BCUT2D eigenvalue weighted by atomic mass is 35.5. The molecule has 1 atom stereocenters. The molecular weight excluding hydrogens is 334 g/mol. The van der Waals surface area contributed by atoms with Crippen molar-refractivity contribution in [2.75, 3.05) is 11.8 Å². The van der Waals surface area contributed by atoms with Crippen molar-refractivity contribution in [2.24, 2.45) is 4.36 Å². The maximum absolute atomic E-state index is 13.3. The quantitative estimate of drug-likeness (QED) is 0.872. The van der Waals surface area contributed by atoms with Gasteiger partial charge in [0, 0.05) is 17.8 Å². The van der Waals surface area contributed by atoms with Gasteiger partial charge in [-0.1, -0.05) is 17.7 Å². The lowest BCUT2D eigenvalue weighted by Crippen LogP contribution is -2.20. The number of nitrogens with zero attached hydrogens (tertiary/aromatic N) is 1. The molecule has 0 aliphatic heterocycles. The number of halogens is 1. The highest BCUT2D eigenvalue weighted by Crippen LogP contribution is 2.22. The minimum absolute atomic E-state index is 0.444. The van der Waals surface area contributed by atoms with Gasteiger partial charge >= 0.3 is 6.03 Å². The number of hydrogen-bond acceptors (Lipinski definition) is 2. The van der Waals surface area contributed by atoms with Gasteiger partial charge in [-0.3, -0.25) is 4.72 Å². The number of urea groups is 1. The zero-order valence-electron chi connectivity index (χ0n) is 13.1. The summed E-state index contributed by atoms with van der Waals surface area (Å²) in [6.07, 6.45) is 0. The Morgan fingerprint density at radius 1 is 1.09 bits per heavy atom. The lowest BCUT2D eigenvalue weighted by atomic mass is 10.1. The van der Waals surface area contributed by atoms with Gasteiger partial charge in [-0.25, -0.2) is 9.00 Å². The van der Waals surface area contributed by atoms with E-state index in [0.29, 0.717) is 15.6 Å². The Morgan fingerprint density at radius 2 is 1.74 bits per heavy atom. The average molecular weight is 352 g/mol. The van der Waals surface area contributed by atoms with E-state index in [2.05, 4.69) is 14.4 Å². The van der Waals surface area contributed by atoms with Crippen LogP contribution in [0.15, 0.2) is 51.7 Å². The number of carbonyl (C=O) groups is 1. The summed E-state index contributed by atoms with van der Waals surface area (Å²) in [4.78, 5) is 12.1. The summed E-state index contributed by atoms with van der Waals surface area (Å²) in [7, 11) is -1.73. The Hall–Kier alpha value is -2.05. The molecule has 0 aromatic heterocycles. The second kappa shape index (κ2) is 7.02. The first-order chi connectivity index (χ1) is 10.8. The predicted molar refractivity (Wildman–Crippen MR) is 94.3 cm³/mol. The van der Waals surface area contributed by atoms with E-state index in [-0.39, 0.29) is 0 Å². The van der Waals surface area contributed by atoms with Gasteiger partial charge in [0.25, 0.3) is 0 Å². The van der Waals surface area contributed by atoms with Crippen LogP contribution in [0.3, 0.4) is 0 Å². The zero-order chi connectivity index (χ0) is 17.0. The smallest absolute Gasteiger partial charge is 0.339 e. The standard InChI is InChI=1S/C16H18ClN3O2S/c1-11-4-9-15(10-12(11)2)23(22,20-16(21)18-3)19-14-7-5-13(17)6-8-14/h4-10H,1-3H3,(H2,18,19,20,21,22). The molecule has 0 aliphatic carbocycles. The summed E-state index contributed by atoms with van der Waals surface area (Å²) in [5.41, 5.74) is 2.60. The van der Waals surface area contributed by atoms with Crippen molar-refractivity contribution in [3.8, 4) is 0 Å². The normalized spacial score (nSPS) is 13.0. The summed E-state index contributed by atoms with van der Waals surface area (Å²) >= 11 is 5.86. The molecule has 1 unspecified atom stereocenters. The highest BCUT2D eigenvalue weighted by molar-refractivity contribution is 7.95. The van der Waals surface area contributed by atoms with E-state index in [1.54, 1.807) is 36.4 Å². The van der Waals surface area contributed by atoms with Crippen LogP contribution in [0.5, 0.6) is 0 Å². The number of amides is 2. The Kier molecular flexibility index (Phi) is 5.28. The van der Waals surface area contributed by atoms with E-state index in [1.165, 1.54) is 7.05 Å². The van der Waals surface area contributed by atoms with Crippen molar-refractivity contribution < 1.29 is 9.00 Å². The molecule has 0 radical (unpaired) electrons. The zero-order valence-corrected chi connectivity index (χ0v) is 14.7. The topological polar surface area (TPSA) is 70.6 Å². The van der Waals surface area contributed by atoms with E-state index in [4.69, 9.17) is 11.6 Å². The molecule has 2 aromatic rings. The van der Waals surface area contributed by atoms with E-state index in [1.807, 2.05) is 19.9 Å². The van der Waals surface area contributed by atoms with Crippen molar-refractivity contribution in [2.45, 2.75) is 18.7 Å². The molecule has 0 aliphatic rings. The summed E-state index contributed by atoms with van der Waals surface area (Å²) in [6, 6.07) is 11.4. The van der Waals surface area contributed by atoms with Gasteiger partial charge in [0.1, 0.15) is 0 Å². The third-order valence-electron chi connectivity index (χ3n) is 3.32. The van der Waals surface area contributed by atoms with Crippen molar-refractivity contribution in [1.29, 1.82) is 0 Å². The molecule has 0 saturated carbocycles. The first kappa shape index (κ1) is 17.3. The van der Waals surface area contributed by atoms with Crippen LogP contribution in [-0.4, -0.2) is 17.3 Å². The molecule has 0 heterocycles. The van der Waals surface area contributed by atoms with Gasteiger partial charge in [-0.05, 0) is 61.4 Å². The number of carbonyl (C=O) groups excluding carboxylic acids is 1. The Bertz CT molecular complexity index is 841. The van der Waals surface area contributed by atoms with E-state index >= 15 is 0 Å². The Morgan fingerprint density at radius 3 is 2.30 bits per heavy atom. The van der Waals surface area contributed by atoms with Gasteiger partial charge in [-0.15, -0.1) is 4.36 Å². The van der Waals surface area contributed by atoms with Crippen molar-refractivity contribution in [3.05, 3.63) is 58.6 Å². The molecule has 23 heavy (non-hydrogen) atoms. The predicted octanol–water partition coefficient (Wildman–Crippen LogP) is 4.15. The molecule has 2 amide bonds. The third-order valence-corrected chi connectivity index (χ3v) is 5.40. The fourth-order valence-corrected chi connectivity index (χ4v) is 3.62. The first-order valence-electron chi connectivity index (χ1n) is 6.93. The molecule has 0 fully saturated rings. The van der Waals surface area contributed by atoms with Crippen LogP contribution in [-0.2, 0) is 9.92 Å². The number of nitrogens with one attached hydrogen (secondary N) is 2. The van der Waals surface area contributed by atoms with Crippen LogP contribution >= 0.6 is 11.6 Å². The molecule has 2 N–H and O–H groups in total. The maximum Gasteiger partial charge on any atom is 0.350 e. The summed E-state index contributed by atoms with van der Waals surface area (Å²) in [6.45, 7) is 3.88. The van der Waals surface area contributed by atoms with Crippen LogP contribution in [0.1, 0.15) is 11.1 Å². The maximum atomic E-state index is 13.3. The van der Waals surface area contributed by atoms with E-state index < -0.39 is 15.9 Å². The first-order valence-corrected chi connectivity index (χ1v) is 8.83. The Balaban J connectivity index is 2.54. The van der Waals surface area contributed by atoms with Gasteiger partial charge in [0.15, 0.2) is 9.92 Å². The lowest BCUT2D eigenvalue weighted by Gasteiger charge is -2.14. The molecule has 122 valence electrons. The van der Waals surface area contributed by atoms with Crippen LogP contribution in [0, 0.1) is 13.8 Å². The van der Waals surface area contributed by atoms with E-state index in [9.17, 15) is 9.00 Å². The van der Waals surface area contributed by atoms with Crippen molar-refractivity contribution >= 4 is 33.2 Å². The van der Waals surface area contributed by atoms with Gasteiger partial charge in [0.2, 0.25) is 0 Å². The minimum Gasteiger partial charge on any atom is -0.339 e. The van der Waals surface area contributed by atoms with Gasteiger partial charge in [-0.2, -0.15) is 0 Å². The second-order valence-electron chi connectivity index (χ2n) is 5.03. The fraction of sp³-hybridized carbons (Fsp3) is 0.188. The highest BCUT2D eigenvalue weighted by Gasteiger charge is 2.16. The van der Waals surface area contributed by atoms with Crippen LogP contribution in [0.4, 0.5) is 10.5 Å². The third kappa shape index (κ3) is 4.24. The van der Waals surface area contributed by atoms with Crippen LogP contribution < -0.4 is 10.0 Å². The number of aryl methyl sites for hydroxylation is 2. The second-order valence-corrected chi connectivity index (χ2v) is 7.37. The minimum atomic E-state index is -3.16. The van der Waals surface area contributed by atoms with Crippen LogP contribution in [0.2, 0.25) is 5.02 Å². The molecule has 2 rings (SSSR count). The summed E-state index contributed by atoms with van der Waals surface area (Å²) in [5.74, 6) is 0. The van der Waals surface area contributed by atoms with Gasteiger partial charge < -0.3 is 5.32 Å². The average Bonchev–Trinajstić information content (AvgIpc) is 2.52. The molecule has 5 nitrogen and oxygen atoms in total. The molecular formula is C16H18ClN3O2S. The summed E-state index contributed by atoms with van der Waals surface area (Å²) < 4.78 is 20.0. The van der Waals surface area contributed by atoms with Crippen molar-refractivity contribution in [1.82, 2.24) is 5.32 Å². The number of anilines is 1. The van der Waals surface area contributed by atoms with E-state index in [0.717, 1.165) is 11.1 Å². The molecule has 0 spiro atoms. The SMILES string of the molecule is CNC(=O)N=S(=O)(Nc1ccc(Cl)cc1)c1ccc(C)c(C)c1. The molecule has 0 saturated heterocycles. The molecule has 2 aromatic carbocycles. The van der Waals surface area contributed by atoms with Crippen molar-refractivity contribution in [3.63, 3.8) is 0 Å². The molecule has 0 bridgehead atoms. The summed E-state index contributed by atoms with van der Waals surface area (Å²) in [5, 5.41) is 2.93. The lowest BCUT2D eigenvalue weighted by molar-refractivity contribution is 0.251. The Labute approximate surface area is 141 Å². The monoisotopic (exact) mass is 351 g/mol.